The zero-order chi connectivity index (χ0) is 14.2. The maximum Gasteiger partial charge on any atom is 0.208 e. The van der Waals surface area contributed by atoms with Crippen molar-refractivity contribution in [3.63, 3.8) is 0 Å². The van der Waals surface area contributed by atoms with E-state index in [2.05, 4.69) is 15.3 Å². The number of ether oxygens (including phenoxy) is 1. The van der Waals surface area contributed by atoms with Gasteiger partial charge in [-0.15, -0.1) is 0 Å². The smallest absolute Gasteiger partial charge is 0.208 e. The van der Waals surface area contributed by atoms with Crippen molar-refractivity contribution in [3.05, 3.63) is 0 Å². The Morgan fingerprint density at radius 3 is 2.90 bits per heavy atom. The molecule has 2 rings (SSSR count). The number of nitrogens with one attached hydrogen (secondary N) is 1. The van der Waals surface area contributed by atoms with E-state index in [1.165, 1.54) is 38.5 Å². The molecule has 1 saturated heterocycles. The Hall–Kier alpha value is -0.810. The molecule has 0 aromatic carbocycles. The lowest BCUT2D eigenvalue weighted by molar-refractivity contribution is 0.115. The Labute approximate surface area is 122 Å². The molecule has 3 N–H and O–H groups in total. The van der Waals surface area contributed by atoms with E-state index in [1.807, 2.05) is 6.92 Å². The second-order valence-electron chi connectivity index (χ2n) is 5.85. The summed E-state index contributed by atoms with van der Waals surface area (Å²) in [5.41, 5.74) is 2.83. The lowest BCUT2D eigenvalue weighted by Crippen LogP contribution is -2.55. The highest BCUT2D eigenvalue weighted by Gasteiger charge is 2.34. The zero-order valence-corrected chi connectivity index (χ0v) is 12.8. The Balaban J connectivity index is 1.89. The van der Waals surface area contributed by atoms with Crippen LogP contribution in [0.3, 0.4) is 0 Å². The molecule has 0 bridgehead atoms. The molecule has 0 aromatic rings. The van der Waals surface area contributed by atoms with Crippen LogP contribution >= 0.6 is 0 Å². The molecule has 2 fully saturated rings. The van der Waals surface area contributed by atoms with Crippen LogP contribution in [0.5, 0.6) is 0 Å². The van der Waals surface area contributed by atoms with Crippen LogP contribution in [-0.4, -0.2) is 43.2 Å². The molecule has 2 aliphatic rings. The molecule has 20 heavy (non-hydrogen) atoms. The number of hydrogen-bond acceptors (Lipinski definition) is 3. The molecule has 5 heteroatoms. The van der Waals surface area contributed by atoms with Crippen molar-refractivity contribution in [2.75, 3.05) is 26.3 Å². The first-order valence-corrected chi connectivity index (χ1v) is 8.22. The van der Waals surface area contributed by atoms with Gasteiger partial charge >= 0.3 is 0 Å². The SMILES string of the molecule is CCOCCCN=C(NN)N1CCC[C@H]2CCCC[C@H]21. The van der Waals surface area contributed by atoms with Gasteiger partial charge in [0.05, 0.1) is 0 Å². The minimum Gasteiger partial charge on any atom is -0.382 e. The van der Waals surface area contributed by atoms with Gasteiger partial charge < -0.3 is 9.64 Å². The average molecular weight is 282 g/mol. The lowest BCUT2D eigenvalue weighted by Gasteiger charge is -2.45. The first-order valence-electron chi connectivity index (χ1n) is 8.22. The van der Waals surface area contributed by atoms with E-state index in [-0.39, 0.29) is 0 Å². The first-order chi connectivity index (χ1) is 9.86. The molecule has 0 spiro atoms. The maximum absolute atomic E-state index is 5.71. The average Bonchev–Trinajstić information content (AvgIpc) is 2.51. The lowest BCUT2D eigenvalue weighted by atomic mass is 9.78. The second kappa shape index (κ2) is 8.47. The highest BCUT2D eigenvalue weighted by molar-refractivity contribution is 5.79. The highest BCUT2D eigenvalue weighted by Crippen LogP contribution is 2.35. The van der Waals surface area contributed by atoms with Crippen molar-refractivity contribution in [3.8, 4) is 0 Å². The molecule has 0 aromatic heterocycles. The Morgan fingerprint density at radius 2 is 2.10 bits per heavy atom. The van der Waals surface area contributed by atoms with Crippen LogP contribution < -0.4 is 11.3 Å². The van der Waals surface area contributed by atoms with Crippen molar-refractivity contribution in [1.29, 1.82) is 0 Å². The third-order valence-corrected chi connectivity index (χ3v) is 4.56. The van der Waals surface area contributed by atoms with E-state index >= 15 is 0 Å². The largest absolute Gasteiger partial charge is 0.382 e. The number of likely N-dealkylation sites (tertiary alicyclic amines) is 1. The van der Waals surface area contributed by atoms with Crippen molar-refractivity contribution < 1.29 is 4.74 Å². The molecule has 1 saturated carbocycles. The van der Waals surface area contributed by atoms with Crippen molar-refractivity contribution in [2.45, 2.75) is 57.9 Å². The number of nitrogens with zero attached hydrogens (tertiary/aromatic N) is 2. The van der Waals surface area contributed by atoms with Gasteiger partial charge in [0.1, 0.15) is 0 Å². The van der Waals surface area contributed by atoms with E-state index in [9.17, 15) is 0 Å². The zero-order valence-electron chi connectivity index (χ0n) is 12.8. The fraction of sp³-hybridized carbons (Fsp3) is 0.933. The van der Waals surface area contributed by atoms with Gasteiger partial charge in [0, 0.05) is 32.3 Å². The van der Waals surface area contributed by atoms with Gasteiger partial charge in [-0.1, -0.05) is 12.8 Å². The van der Waals surface area contributed by atoms with Crippen LogP contribution in [0.15, 0.2) is 4.99 Å². The van der Waals surface area contributed by atoms with E-state index in [4.69, 9.17) is 10.6 Å². The van der Waals surface area contributed by atoms with Gasteiger partial charge in [0.25, 0.3) is 0 Å². The summed E-state index contributed by atoms with van der Waals surface area (Å²) >= 11 is 0. The fourth-order valence-electron chi connectivity index (χ4n) is 3.60. The van der Waals surface area contributed by atoms with Gasteiger partial charge in [0.15, 0.2) is 0 Å². The predicted molar refractivity (Wildman–Crippen MR) is 82.4 cm³/mol. The Morgan fingerprint density at radius 1 is 1.30 bits per heavy atom. The third-order valence-electron chi connectivity index (χ3n) is 4.56. The molecule has 2 atom stereocenters. The summed E-state index contributed by atoms with van der Waals surface area (Å²) in [6.45, 7) is 5.46. The number of hydrogen-bond donors (Lipinski definition) is 2. The summed E-state index contributed by atoms with van der Waals surface area (Å²) < 4.78 is 5.35. The Kier molecular flexibility index (Phi) is 6.60. The number of guanidine groups is 1. The molecule has 0 radical (unpaired) electrons. The van der Waals surface area contributed by atoms with Crippen LogP contribution in [-0.2, 0) is 4.74 Å². The van der Waals surface area contributed by atoms with E-state index in [1.54, 1.807) is 0 Å². The highest BCUT2D eigenvalue weighted by atomic mass is 16.5. The number of aliphatic imine (C=N–C) groups is 1. The van der Waals surface area contributed by atoms with Crippen molar-refractivity contribution >= 4 is 5.96 Å². The minimum absolute atomic E-state index is 0.652. The normalized spacial score (nSPS) is 27.3. The summed E-state index contributed by atoms with van der Waals surface area (Å²) in [5, 5.41) is 0. The third kappa shape index (κ3) is 4.09. The summed E-state index contributed by atoms with van der Waals surface area (Å²) in [6.07, 6.45) is 9.02. The summed E-state index contributed by atoms with van der Waals surface area (Å²) in [5.74, 6) is 7.45. The van der Waals surface area contributed by atoms with Crippen LogP contribution in [0, 0.1) is 5.92 Å². The fourth-order valence-corrected chi connectivity index (χ4v) is 3.60. The predicted octanol–water partition coefficient (Wildman–Crippen LogP) is 1.89. The standard InChI is InChI=1S/C15H30N4O/c1-2-20-12-6-10-17-15(18-16)19-11-5-8-13-7-3-4-9-14(13)19/h13-14H,2-12,16H2,1H3,(H,17,18)/t13-,14-/m1/s1. The summed E-state index contributed by atoms with van der Waals surface area (Å²) in [4.78, 5) is 7.08. The molecular weight excluding hydrogens is 252 g/mol. The topological polar surface area (TPSA) is 62.9 Å². The van der Waals surface area contributed by atoms with Gasteiger partial charge in [-0.05, 0) is 44.9 Å². The van der Waals surface area contributed by atoms with Crippen molar-refractivity contribution in [1.82, 2.24) is 10.3 Å². The first kappa shape index (κ1) is 15.6. The monoisotopic (exact) mass is 282 g/mol. The number of hydrazine groups is 1. The molecule has 1 aliphatic heterocycles. The van der Waals surface area contributed by atoms with Gasteiger partial charge in [0.2, 0.25) is 5.96 Å². The van der Waals surface area contributed by atoms with Crippen LogP contribution in [0.1, 0.15) is 51.9 Å². The van der Waals surface area contributed by atoms with Gasteiger partial charge in [-0.2, -0.15) is 0 Å². The molecular formula is C15H30N4O. The quantitative estimate of drug-likeness (QED) is 0.266. The summed E-state index contributed by atoms with van der Waals surface area (Å²) in [6, 6.07) is 0.652. The number of piperidine rings is 1. The molecule has 116 valence electrons. The van der Waals surface area contributed by atoms with Crippen LogP contribution in [0.2, 0.25) is 0 Å². The van der Waals surface area contributed by atoms with E-state index in [0.29, 0.717) is 6.04 Å². The number of rotatable bonds is 5. The van der Waals surface area contributed by atoms with E-state index in [0.717, 1.165) is 44.6 Å². The Bertz CT molecular complexity index is 306. The van der Waals surface area contributed by atoms with Crippen LogP contribution in [0.4, 0.5) is 0 Å². The number of fused-ring (bicyclic) bond motifs is 1. The van der Waals surface area contributed by atoms with Crippen LogP contribution in [0.25, 0.3) is 0 Å². The molecule has 5 nitrogen and oxygen atoms in total. The van der Waals surface area contributed by atoms with E-state index < -0.39 is 0 Å². The van der Waals surface area contributed by atoms with Gasteiger partial charge in [-0.25, -0.2) is 5.84 Å². The number of nitrogens with two attached hydrogens (primary N) is 1. The second-order valence-corrected chi connectivity index (χ2v) is 5.85. The molecule has 0 amide bonds. The van der Waals surface area contributed by atoms with Gasteiger partial charge in [-0.3, -0.25) is 10.4 Å². The van der Waals surface area contributed by atoms with Crippen molar-refractivity contribution in [2.24, 2.45) is 16.8 Å². The minimum atomic E-state index is 0.652. The molecule has 1 heterocycles. The molecule has 0 unspecified atom stereocenters. The maximum atomic E-state index is 5.71. The summed E-state index contributed by atoms with van der Waals surface area (Å²) in [7, 11) is 0. The molecule has 1 aliphatic carbocycles.